The first-order valence-electron chi connectivity index (χ1n) is 15.9. The fraction of sp³-hybridized carbons (Fsp3) is 0. The van der Waals surface area contributed by atoms with Gasteiger partial charge in [-0.15, -0.1) is 0 Å². The van der Waals surface area contributed by atoms with Crippen LogP contribution in [0, 0.1) is 0 Å². The van der Waals surface area contributed by atoms with Crippen molar-refractivity contribution in [3.63, 3.8) is 0 Å². The number of nitrogens with zero attached hydrogens (tertiary/aromatic N) is 3. The van der Waals surface area contributed by atoms with Crippen LogP contribution >= 0.6 is 0 Å². The molecule has 5 nitrogen and oxygen atoms in total. The van der Waals surface area contributed by atoms with Crippen LogP contribution in [-0.2, 0) is 0 Å². The van der Waals surface area contributed by atoms with E-state index in [1.165, 1.54) is 10.9 Å². The predicted octanol–water partition coefficient (Wildman–Crippen LogP) is 11.4. The van der Waals surface area contributed by atoms with Gasteiger partial charge in [-0.05, 0) is 52.4 Å². The minimum Gasteiger partial charge on any atom is -0.456 e. The third kappa shape index (κ3) is 4.22. The van der Waals surface area contributed by atoms with Gasteiger partial charge in [0.25, 0.3) is 0 Å². The Bertz CT molecular complexity index is 2690. The summed E-state index contributed by atoms with van der Waals surface area (Å²) in [6, 6.07) is 51.6. The normalized spacial score (nSPS) is 11.9. The fourth-order valence-electron chi connectivity index (χ4n) is 6.86. The highest BCUT2D eigenvalue weighted by Crippen LogP contribution is 2.47. The summed E-state index contributed by atoms with van der Waals surface area (Å²) >= 11 is 0. The average Bonchev–Trinajstić information content (AvgIpc) is 3.54. The van der Waals surface area contributed by atoms with Gasteiger partial charge in [0.1, 0.15) is 22.7 Å². The fourth-order valence-corrected chi connectivity index (χ4v) is 6.86. The summed E-state index contributed by atoms with van der Waals surface area (Å²) in [5, 5.41) is 4.35. The smallest absolute Gasteiger partial charge is 0.164 e. The summed E-state index contributed by atoms with van der Waals surface area (Å²) in [7, 11) is 0. The Morgan fingerprint density at radius 3 is 1.88 bits per heavy atom. The van der Waals surface area contributed by atoms with Gasteiger partial charge in [0, 0.05) is 38.4 Å². The van der Waals surface area contributed by atoms with Crippen molar-refractivity contribution in [3.05, 3.63) is 152 Å². The third-order valence-electron chi connectivity index (χ3n) is 9.14. The predicted molar refractivity (Wildman–Crippen MR) is 192 cm³/mol. The quantitative estimate of drug-likeness (QED) is 0.197. The van der Waals surface area contributed by atoms with Crippen molar-refractivity contribution in [2.45, 2.75) is 0 Å². The van der Waals surface area contributed by atoms with Gasteiger partial charge in [-0.25, -0.2) is 15.0 Å². The van der Waals surface area contributed by atoms with Crippen LogP contribution in [0.25, 0.3) is 89.1 Å². The number of para-hydroxylation sites is 1. The number of hydrogen-bond acceptors (Lipinski definition) is 5. The van der Waals surface area contributed by atoms with E-state index in [1.807, 2.05) is 72.8 Å². The molecule has 0 bridgehead atoms. The van der Waals surface area contributed by atoms with Crippen molar-refractivity contribution in [3.8, 4) is 67.9 Å². The molecular weight excluding hydrogens is 590 g/mol. The van der Waals surface area contributed by atoms with Gasteiger partial charge in [-0.3, -0.25) is 0 Å². The van der Waals surface area contributed by atoms with Crippen LogP contribution in [0.15, 0.2) is 156 Å². The lowest BCUT2D eigenvalue weighted by Crippen LogP contribution is -2.00. The lowest BCUT2D eigenvalue weighted by molar-refractivity contribution is 0.487. The maximum atomic E-state index is 6.33. The maximum Gasteiger partial charge on any atom is 0.164 e. The van der Waals surface area contributed by atoms with Crippen molar-refractivity contribution >= 4 is 32.7 Å². The van der Waals surface area contributed by atoms with Crippen LogP contribution < -0.4 is 4.74 Å². The van der Waals surface area contributed by atoms with Gasteiger partial charge in [-0.1, -0.05) is 121 Å². The highest BCUT2D eigenvalue weighted by Gasteiger charge is 2.21. The summed E-state index contributed by atoms with van der Waals surface area (Å²) in [5.41, 5.74) is 8.87. The molecule has 224 valence electrons. The molecule has 2 aromatic heterocycles. The summed E-state index contributed by atoms with van der Waals surface area (Å²) in [5.74, 6) is 3.60. The van der Waals surface area contributed by atoms with Gasteiger partial charge in [0.2, 0.25) is 0 Å². The third-order valence-corrected chi connectivity index (χ3v) is 9.14. The van der Waals surface area contributed by atoms with Crippen LogP contribution in [-0.4, -0.2) is 15.0 Å². The second kappa shape index (κ2) is 10.5. The van der Waals surface area contributed by atoms with E-state index in [2.05, 4.69) is 78.9 Å². The Morgan fingerprint density at radius 2 is 1.02 bits per heavy atom. The van der Waals surface area contributed by atoms with E-state index in [9.17, 15) is 0 Å². The first-order valence-corrected chi connectivity index (χ1v) is 15.9. The number of fused-ring (bicyclic) bond motifs is 5. The molecule has 0 radical (unpaired) electrons. The summed E-state index contributed by atoms with van der Waals surface area (Å²) < 4.78 is 12.5. The highest BCUT2D eigenvalue weighted by atomic mass is 16.5. The van der Waals surface area contributed by atoms with E-state index in [0.29, 0.717) is 17.5 Å². The SMILES string of the molecule is c1ccc(-c2nc(-c3ccc(-c4ccc5c(c4)-c4cccc6cccc(c46)O5)cc3)nc(-c3cccc4oc5ccccc5c34)n2)cc1. The zero-order valence-corrected chi connectivity index (χ0v) is 25.6. The molecule has 5 heteroatoms. The largest absolute Gasteiger partial charge is 0.456 e. The maximum absolute atomic E-state index is 6.33. The summed E-state index contributed by atoms with van der Waals surface area (Å²) in [6.45, 7) is 0. The first-order chi connectivity index (χ1) is 23.8. The van der Waals surface area contributed by atoms with Gasteiger partial charge in [-0.2, -0.15) is 0 Å². The number of hydrogen-bond donors (Lipinski definition) is 0. The van der Waals surface area contributed by atoms with Gasteiger partial charge in [0.05, 0.1) is 0 Å². The average molecular weight is 616 g/mol. The molecule has 1 aliphatic heterocycles. The Kier molecular flexibility index (Phi) is 5.81. The van der Waals surface area contributed by atoms with Crippen molar-refractivity contribution in [2.75, 3.05) is 0 Å². The first kappa shape index (κ1) is 26.6. The van der Waals surface area contributed by atoms with Crippen molar-refractivity contribution < 1.29 is 9.15 Å². The molecule has 0 spiro atoms. The van der Waals surface area contributed by atoms with Crippen molar-refractivity contribution in [2.24, 2.45) is 0 Å². The second-order valence-corrected chi connectivity index (χ2v) is 12.0. The zero-order chi connectivity index (χ0) is 31.6. The molecule has 3 heterocycles. The minimum absolute atomic E-state index is 0.601. The van der Waals surface area contributed by atoms with Gasteiger partial charge < -0.3 is 9.15 Å². The molecular formula is C43H25N3O2. The van der Waals surface area contributed by atoms with Gasteiger partial charge >= 0.3 is 0 Å². The van der Waals surface area contributed by atoms with Crippen LogP contribution in [0.5, 0.6) is 11.5 Å². The van der Waals surface area contributed by atoms with Gasteiger partial charge in [0.15, 0.2) is 17.5 Å². The van der Waals surface area contributed by atoms with Crippen LogP contribution in [0.2, 0.25) is 0 Å². The molecule has 48 heavy (non-hydrogen) atoms. The number of furan rings is 1. The van der Waals surface area contributed by atoms with E-state index in [4.69, 9.17) is 24.1 Å². The highest BCUT2D eigenvalue weighted by molar-refractivity contribution is 6.11. The molecule has 9 aromatic rings. The molecule has 0 aliphatic carbocycles. The number of aromatic nitrogens is 3. The molecule has 10 rings (SSSR count). The Hall–Kier alpha value is -6.59. The molecule has 0 fully saturated rings. The molecule has 0 saturated heterocycles. The molecule has 7 aromatic carbocycles. The molecule has 1 aliphatic rings. The number of ether oxygens (including phenoxy) is 1. The second-order valence-electron chi connectivity index (χ2n) is 12.0. The van der Waals surface area contributed by atoms with E-state index < -0.39 is 0 Å². The van der Waals surface area contributed by atoms with Crippen molar-refractivity contribution in [1.29, 1.82) is 0 Å². The molecule has 0 saturated carbocycles. The molecule has 0 N–H and O–H groups in total. The lowest BCUT2D eigenvalue weighted by Gasteiger charge is -2.22. The zero-order valence-electron chi connectivity index (χ0n) is 25.6. The van der Waals surface area contributed by atoms with Crippen LogP contribution in [0.4, 0.5) is 0 Å². The monoisotopic (exact) mass is 615 g/mol. The molecule has 0 amide bonds. The number of benzene rings is 7. The van der Waals surface area contributed by atoms with E-state index in [-0.39, 0.29) is 0 Å². The Balaban J connectivity index is 1.08. The van der Waals surface area contributed by atoms with E-state index in [1.54, 1.807) is 0 Å². The summed E-state index contributed by atoms with van der Waals surface area (Å²) in [6.07, 6.45) is 0. The van der Waals surface area contributed by atoms with E-state index in [0.717, 1.165) is 72.2 Å². The lowest BCUT2D eigenvalue weighted by atomic mass is 9.92. The Labute approximate surface area is 275 Å². The number of rotatable bonds is 4. The topological polar surface area (TPSA) is 61.0 Å². The Morgan fingerprint density at radius 1 is 0.375 bits per heavy atom. The molecule has 0 atom stereocenters. The van der Waals surface area contributed by atoms with Crippen LogP contribution in [0.1, 0.15) is 0 Å². The standard InChI is InChI=1S/C43H25N3O2/c1-2-9-28(10-3-1)41-44-42(46-43(45-41)33-15-8-18-38-40(33)32-13-4-5-16-35(32)47-38)29-21-19-26(20-22-29)30-23-24-36-34(25-30)31-14-6-11-27-12-7-17-37(48-36)39(27)31/h1-25H. The van der Waals surface area contributed by atoms with Crippen LogP contribution in [0.3, 0.4) is 0 Å². The minimum atomic E-state index is 0.601. The van der Waals surface area contributed by atoms with E-state index >= 15 is 0 Å². The molecule has 0 unspecified atom stereocenters. The van der Waals surface area contributed by atoms with Crippen molar-refractivity contribution in [1.82, 2.24) is 15.0 Å². The summed E-state index contributed by atoms with van der Waals surface area (Å²) in [4.78, 5) is 15.0.